The number of hydrogen-bond acceptors (Lipinski definition) is 1. The Morgan fingerprint density at radius 1 is 0.571 bits per heavy atom. The lowest BCUT2D eigenvalue weighted by atomic mass is 9.67. The second-order valence-corrected chi connectivity index (χ2v) is 7.67. The van der Waals surface area contributed by atoms with Crippen LogP contribution in [-0.4, -0.2) is 5.11 Å². The van der Waals surface area contributed by atoms with Crippen molar-refractivity contribution >= 4 is 0 Å². The van der Waals surface area contributed by atoms with Crippen molar-refractivity contribution in [3.8, 4) is 16.9 Å². The maximum absolute atomic E-state index is 10.4. The van der Waals surface area contributed by atoms with Crippen LogP contribution >= 0.6 is 0 Å². The fraction of sp³-hybridized carbons (Fsp3) is 0.111. The van der Waals surface area contributed by atoms with E-state index < -0.39 is 5.41 Å². The van der Waals surface area contributed by atoms with Crippen molar-refractivity contribution in [1.29, 1.82) is 0 Å². The predicted octanol–water partition coefficient (Wildman–Crippen LogP) is 6.37. The van der Waals surface area contributed by atoms with Gasteiger partial charge in [-0.25, -0.2) is 0 Å². The lowest BCUT2D eigenvalue weighted by Crippen LogP contribution is -2.28. The van der Waals surface area contributed by atoms with E-state index in [2.05, 4.69) is 91.0 Å². The molecule has 0 radical (unpaired) electrons. The molecule has 4 aromatic carbocycles. The largest absolute Gasteiger partial charge is 0.507 e. The van der Waals surface area contributed by atoms with Gasteiger partial charge in [0.25, 0.3) is 0 Å². The summed E-state index contributed by atoms with van der Waals surface area (Å²) in [5.74, 6) is 0.381. The highest BCUT2D eigenvalue weighted by Crippen LogP contribution is 2.56. The van der Waals surface area contributed by atoms with E-state index in [9.17, 15) is 5.11 Å². The van der Waals surface area contributed by atoms with Crippen molar-refractivity contribution in [3.05, 3.63) is 124 Å². The first-order valence-electron chi connectivity index (χ1n) is 9.69. The molecule has 0 spiro atoms. The number of aromatic hydroxyl groups is 1. The van der Waals surface area contributed by atoms with Crippen molar-refractivity contribution in [2.24, 2.45) is 0 Å². The molecule has 0 saturated carbocycles. The molecule has 0 amide bonds. The fourth-order valence-corrected chi connectivity index (χ4v) is 4.88. The number of hydrogen-bond donors (Lipinski definition) is 1. The van der Waals surface area contributed by atoms with Crippen LogP contribution in [0.3, 0.4) is 0 Å². The molecule has 5 rings (SSSR count). The quantitative estimate of drug-likeness (QED) is 0.387. The van der Waals surface area contributed by atoms with Gasteiger partial charge >= 0.3 is 0 Å². The number of phenolic OH excluding ortho intramolecular Hbond substituents is 1. The minimum Gasteiger partial charge on any atom is -0.507 e. The van der Waals surface area contributed by atoms with E-state index >= 15 is 0 Å². The van der Waals surface area contributed by atoms with E-state index in [1.165, 1.54) is 33.4 Å². The molecular weight excluding hydrogens is 340 g/mol. The summed E-state index contributed by atoms with van der Waals surface area (Å²) in [5.41, 5.74) is 9.03. The van der Waals surface area contributed by atoms with Crippen LogP contribution in [0.5, 0.6) is 5.75 Å². The van der Waals surface area contributed by atoms with Crippen LogP contribution < -0.4 is 0 Å². The number of phenols is 1. The molecule has 4 aromatic rings. The molecule has 0 fully saturated rings. The first-order valence-corrected chi connectivity index (χ1v) is 9.69. The Balaban J connectivity index is 1.98. The molecule has 0 atom stereocenters. The highest BCUT2D eigenvalue weighted by molar-refractivity contribution is 5.86. The van der Waals surface area contributed by atoms with Gasteiger partial charge < -0.3 is 5.11 Å². The van der Waals surface area contributed by atoms with Crippen molar-refractivity contribution in [2.45, 2.75) is 19.3 Å². The molecule has 0 saturated heterocycles. The average Bonchev–Trinajstić information content (AvgIpc) is 3.04. The zero-order chi connectivity index (χ0) is 19.3. The Morgan fingerprint density at radius 2 is 1.04 bits per heavy atom. The van der Waals surface area contributed by atoms with Gasteiger partial charge in [0.2, 0.25) is 0 Å². The molecule has 28 heavy (non-hydrogen) atoms. The molecule has 1 aliphatic rings. The van der Waals surface area contributed by atoms with Gasteiger partial charge in [-0.15, -0.1) is 0 Å². The van der Waals surface area contributed by atoms with E-state index in [1.54, 1.807) is 0 Å². The summed E-state index contributed by atoms with van der Waals surface area (Å²) in [7, 11) is 0. The van der Waals surface area contributed by atoms with Crippen LogP contribution in [0.2, 0.25) is 0 Å². The van der Waals surface area contributed by atoms with E-state index in [0.717, 1.165) is 11.1 Å². The third-order valence-corrected chi connectivity index (χ3v) is 6.08. The number of aryl methyl sites for hydroxylation is 2. The third kappa shape index (κ3) is 2.13. The van der Waals surface area contributed by atoms with Gasteiger partial charge in [0.05, 0.1) is 5.41 Å². The molecule has 136 valence electrons. The van der Waals surface area contributed by atoms with Crippen LogP contribution in [0.4, 0.5) is 0 Å². The lowest BCUT2D eigenvalue weighted by Gasteiger charge is -2.34. The normalized spacial score (nSPS) is 13.8. The van der Waals surface area contributed by atoms with E-state index in [0.29, 0.717) is 5.75 Å². The summed E-state index contributed by atoms with van der Waals surface area (Å²) in [5, 5.41) is 10.4. The Kier molecular flexibility index (Phi) is 3.67. The molecular formula is C27H22O. The van der Waals surface area contributed by atoms with Gasteiger partial charge in [-0.3, -0.25) is 0 Å². The predicted molar refractivity (Wildman–Crippen MR) is 115 cm³/mol. The van der Waals surface area contributed by atoms with Gasteiger partial charge in [-0.1, -0.05) is 91.0 Å². The summed E-state index contributed by atoms with van der Waals surface area (Å²) in [4.78, 5) is 0. The average molecular weight is 362 g/mol. The maximum atomic E-state index is 10.4. The van der Waals surface area contributed by atoms with Crippen LogP contribution in [0.25, 0.3) is 11.1 Å². The van der Waals surface area contributed by atoms with Gasteiger partial charge in [0, 0.05) is 0 Å². The summed E-state index contributed by atoms with van der Waals surface area (Å²) in [6.45, 7) is 3.97. The summed E-state index contributed by atoms with van der Waals surface area (Å²) >= 11 is 0. The highest BCUT2D eigenvalue weighted by atomic mass is 16.3. The molecule has 1 N–H and O–H groups in total. The number of benzene rings is 4. The van der Waals surface area contributed by atoms with Crippen molar-refractivity contribution in [1.82, 2.24) is 0 Å². The standard InChI is InChI=1S/C27H22O/c1-18-16-21(17-19(2)26(18)28)27(20-10-4-3-5-11-20)24-14-8-6-12-22(24)23-13-7-9-15-25(23)27/h3-17,28H,1-2H3. The van der Waals surface area contributed by atoms with Gasteiger partial charge in [-0.2, -0.15) is 0 Å². The summed E-state index contributed by atoms with van der Waals surface area (Å²) < 4.78 is 0. The number of fused-ring (bicyclic) bond motifs is 3. The van der Waals surface area contributed by atoms with Crippen LogP contribution in [-0.2, 0) is 5.41 Å². The summed E-state index contributed by atoms with van der Waals surface area (Å²) in [6.07, 6.45) is 0. The van der Waals surface area contributed by atoms with Gasteiger partial charge in [-0.05, 0) is 58.4 Å². The Morgan fingerprint density at radius 3 is 1.57 bits per heavy atom. The minimum absolute atomic E-state index is 0.381. The molecule has 0 unspecified atom stereocenters. The zero-order valence-electron chi connectivity index (χ0n) is 16.1. The molecule has 0 heterocycles. The van der Waals surface area contributed by atoms with E-state index in [-0.39, 0.29) is 0 Å². The van der Waals surface area contributed by atoms with Crippen LogP contribution in [0, 0.1) is 13.8 Å². The first kappa shape index (κ1) is 16.8. The summed E-state index contributed by atoms with van der Waals surface area (Å²) in [6, 6.07) is 32.4. The molecule has 1 aliphatic carbocycles. The van der Waals surface area contributed by atoms with E-state index in [4.69, 9.17) is 0 Å². The van der Waals surface area contributed by atoms with Crippen molar-refractivity contribution in [3.63, 3.8) is 0 Å². The van der Waals surface area contributed by atoms with Crippen molar-refractivity contribution < 1.29 is 5.11 Å². The van der Waals surface area contributed by atoms with Crippen LogP contribution in [0.15, 0.2) is 91.0 Å². The van der Waals surface area contributed by atoms with E-state index in [1.807, 2.05) is 13.8 Å². The first-order chi connectivity index (χ1) is 13.6. The Labute approximate surface area is 165 Å². The SMILES string of the molecule is Cc1cc(C2(c3ccccc3)c3ccccc3-c3ccccc32)cc(C)c1O. The monoisotopic (exact) mass is 362 g/mol. The maximum Gasteiger partial charge on any atom is 0.121 e. The van der Waals surface area contributed by atoms with Gasteiger partial charge in [0.15, 0.2) is 0 Å². The van der Waals surface area contributed by atoms with Crippen molar-refractivity contribution in [2.75, 3.05) is 0 Å². The van der Waals surface area contributed by atoms with Gasteiger partial charge in [0.1, 0.15) is 5.75 Å². The fourth-order valence-electron chi connectivity index (χ4n) is 4.88. The molecule has 1 nitrogen and oxygen atoms in total. The second kappa shape index (κ2) is 6.10. The minimum atomic E-state index is -0.391. The smallest absolute Gasteiger partial charge is 0.121 e. The zero-order valence-corrected chi connectivity index (χ0v) is 16.1. The topological polar surface area (TPSA) is 20.2 Å². The Hall–Kier alpha value is -3.32. The second-order valence-electron chi connectivity index (χ2n) is 7.67. The lowest BCUT2D eigenvalue weighted by molar-refractivity contribution is 0.466. The molecule has 0 bridgehead atoms. The molecule has 1 heteroatoms. The highest BCUT2D eigenvalue weighted by Gasteiger charge is 2.46. The number of rotatable bonds is 2. The third-order valence-electron chi connectivity index (χ3n) is 6.08. The van der Waals surface area contributed by atoms with Crippen LogP contribution in [0.1, 0.15) is 33.4 Å². The Bertz CT molecular complexity index is 1120. The molecule has 0 aromatic heterocycles. The molecule has 0 aliphatic heterocycles.